The van der Waals surface area contributed by atoms with E-state index in [2.05, 4.69) is 31.5 Å². The fourth-order valence-corrected chi connectivity index (χ4v) is 3.89. The second-order valence-corrected chi connectivity index (χ2v) is 8.14. The molecule has 0 saturated carbocycles. The lowest BCUT2D eigenvalue weighted by atomic mass is 10.1. The quantitative estimate of drug-likeness (QED) is 0.483. The summed E-state index contributed by atoms with van der Waals surface area (Å²) >= 11 is 6.09. The molecule has 2 heterocycles. The number of sulfonamides is 1. The molecule has 1 aromatic carbocycles. The van der Waals surface area contributed by atoms with Crippen LogP contribution in [0.1, 0.15) is 29.4 Å². The van der Waals surface area contributed by atoms with Crippen LogP contribution in [-0.2, 0) is 16.4 Å². The fraction of sp³-hybridized carbons (Fsp3) is 0.150. The van der Waals surface area contributed by atoms with Crippen LogP contribution in [0.4, 0.5) is 14.5 Å². The van der Waals surface area contributed by atoms with E-state index in [0.717, 1.165) is 12.1 Å². The number of rotatable bonds is 4. The Bertz CT molecular complexity index is 1290. The van der Waals surface area contributed by atoms with Gasteiger partial charge in [-0.2, -0.15) is 0 Å². The Hall–Kier alpha value is -3.09. The largest absolute Gasteiger partial charge is 0.278 e. The van der Waals surface area contributed by atoms with E-state index in [1.807, 2.05) is 6.92 Å². The summed E-state index contributed by atoms with van der Waals surface area (Å²) in [7, 11) is -4.31. The zero-order valence-electron chi connectivity index (χ0n) is 15.9. The molecule has 3 aromatic rings. The van der Waals surface area contributed by atoms with Crippen LogP contribution in [0.2, 0.25) is 5.15 Å². The SMILES string of the molecule is CCc1ncnc(Cl)c1C#Cc1cnc(C)c(NS(=O)(=O)c2ccc(F)cc2F)c1. The predicted octanol–water partition coefficient (Wildman–Crippen LogP) is 3.87. The number of halogens is 3. The minimum absolute atomic E-state index is 0.108. The van der Waals surface area contributed by atoms with Crippen LogP contribution >= 0.6 is 11.6 Å². The van der Waals surface area contributed by atoms with Crippen LogP contribution in [0.5, 0.6) is 0 Å². The van der Waals surface area contributed by atoms with Crippen molar-refractivity contribution in [2.75, 3.05) is 4.72 Å². The van der Waals surface area contributed by atoms with Gasteiger partial charge < -0.3 is 0 Å². The molecule has 154 valence electrons. The van der Waals surface area contributed by atoms with Crippen LogP contribution < -0.4 is 4.72 Å². The first-order valence-electron chi connectivity index (χ1n) is 8.67. The van der Waals surface area contributed by atoms with Gasteiger partial charge in [0.05, 0.1) is 22.6 Å². The topological polar surface area (TPSA) is 84.8 Å². The first-order valence-corrected chi connectivity index (χ1v) is 10.5. The van der Waals surface area contributed by atoms with Crippen molar-refractivity contribution in [1.29, 1.82) is 0 Å². The third kappa shape index (κ3) is 4.72. The molecule has 0 radical (unpaired) electrons. The van der Waals surface area contributed by atoms with Gasteiger partial charge in [0.25, 0.3) is 10.0 Å². The van der Waals surface area contributed by atoms with Gasteiger partial charge in [0.2, 0.25) is 0 Å². The van der Waals surface area contributed by atoms with Crippen LogP contribution in [0.15, 0.2) is 41.7 Å². The molecule has 0 unspecified atom stereocenters. The van der Waals surface area contributed by atoms with Gasteiger partial charge in [-0.1, -0.05) is 30.4 Å². The fourth-order valence-electron chi connectivity index (χ4n) is 2.52. The maximum atomic E-state index is 13.9. The summed E-state index contributed by atoms with van der Waals surface area (Å²) in [6.07, 6.45) is 3.41. The van der Waals surface area contributed by atoms with Crippen LogP contribution in [-0.4, -0.2) is 23.4 Å². The highest BCUT2D eigenvalue weighted by atomic mass is 35.5. The van der Waals surface area contributed by atoms with E-state index < -0.39 is 26.6 Å². The smallest absolute Gasteiger partial charge is 0.264 e. The van der Waals surface area contributed by atoms with Crippen molar-refractivity contribution in [3.05, 3.63) is 76.1 Å². The molecule has 1 N–H and O–H groups in total. The average molecular weight is 449 g/mol. The number of nitrogens with one attached hydrogen (secondary N) is 1. The van der Waals surface area contributed by atoms with E-state index >= 15 is 0 Å². The Morgan fingerprint density at radius 1 is 1.13 bits per heavy atom. The van der Waals surface area contributed by atoms with Gasteiger partial charge in [0, 0.05) is 17.8 Å². The molecule has 2 aromatic heterocycles. The number of hydrogen-bond acceptors (Lipinski definition) is 5. The van der Waals surface area contributed by atoms with Gasteiger partial charge in [-0.15, -0.1) is 0 Å². The van der Waals surface area contributed by atoms with Gasteiger partial charge in [0.1, 0.15) is 28.0 Å². The van der Waals surface area contributed by atoms with Gasteiger partial charge >= 0.3 is 0 Å². The standard InChI is InChI=1S/C20H15ClF2N4O2S/c1-3-17-15(20(21)26-11-25-17)6-4-13-8-18(12(2)24-10-13)27-30(28,29)19-7-5-14(22)9-16(19)23/h5,7-11,27H,3H2,1-2H3. The lowest BCUT2D eigenvalue weighted by Gasteiger charge is -2.11. The molecular weight excluding hydrogens is 434 g/mol. The Morgan fingerprint density at radius 2 is 1.90 bits per heavy atom. The molecular formula is C20H15ClF2N4O2S. The van der Waals surface area contributed by atoms with Crippen molar-refractivity contribution in [2.24, 2.45) is 0 Å². The second kappa shape index (κ2) is 8.73. The molecule has 0 atom stereocenters. The summed E-state index contributed by atoms with van der Waals surface area (Å²) in [6, 6.07) is 3.67. The summed E-state index contributed by atoms with van der Waals surface area (Å²) in [5.41, 5.74) is 1.99. The van der Waals surface area contributed by atoms with Crippen LogP contribution in [0.3, 0.4) is 0 Å². The third-order valence-electron chi connectivity index (χ3n) is 4.06. The summed E-state index contributed by atoms with van der Waals surface area (Å²) in [5.74, 6) is 3.66. The molecule has 3 rings (SSSR count). The molecule has 0 fully saturated rings. The van der Waals surface area contributed by atoms with Crippen LogP contribution in [0, 0.1) is 30.4 Å². The third-order valence-corrected chi connectivity index (χ3v) is 5.75. The Morgan fingerprint density at radius 3 is 2.60 bits per heavy atom. The number of aryl methyl sites for hydroxylation is 2. The van der Waals surface area contributed by atoms with Gasteiger partial charge in [0.15, 0.2) is 0 Å². The number of pyridine rings is 1. The first kappa shape index (κ1) is 21.6. The van der Waals surface area contributed by atoms with Crippen molar-refractivity contribution in [3.8, 4) is 11.8 Å². The van der Waals surface area contributed by atoms with E-state index in [-0.39, 0.29) is 10.8 Å². The number of nitrogens with zero attached hydrogens (tertiary/aromatic N) is 3. The molecule has 0 bridgehead atoms. The Labute approximate surface area is 177 Å². The highest BCUT2D eigenvalue weighted by molar-refractivity contribution is 7.92. The van der Waals surface area contributed by atoms with Gasteiger partial charge in [-0.05, 0) is 31.5 Å². The molecule has 6 nitrogen and oxygen atoms in total. The van der Waals surface area contributed by atoms with Crippen molar-refractivity contribution in [3.63, 3.8) is 0 Å². The van der Waals surface area contributed by atoms with E-state index in [1.165, 1.54) is 18.6 Å². The van der Waals surface area contributed by atoms with E-state index in [4.69, 9.17) is 11.6 Å². The summed E-state index contributed by atoms with van der Waals surface area (Å²) < 4.78 is 54.3. The first-order chi connectivity index (χ1) is 14.2. The zero-order valence-corrected chi connectivity index (χ0v) is 17.4. The highest BCUT2D eigenvalue weighted by Crippen LogP contribution is 2.22. The zero-order chi connectivity index (χ0) is 21.9. The number of aromatic nitrogens is 3. The molecule has 30 heavy (non-hydrogen) atoms. The summed E-state index contributed by atoms with van der Waals surface area (Å²) in [5, 5.41) is 0.210. The minimum Gasteiger partial charge on any atom is -0.278 e. The van der Waals surface area contributed by atoms with Crippen molar-refractivity contribution < 1.29 is 17.2 Å². The average Bonchev–Trinajstić information content (AvgIpc) is 2.68. The van der Waals surface area contributed by atoms with Crippen molar-refractivity contribution >= 4 is 27.3 Å². The van der Waals surface area contributed by atoms with Crippen molar-refractivity contribution in [1.82, 2.24) is 15.0 Å². The van der Waals surface area contributed by atoms with Gasteiger partial charge in [-0.25, -0.2) is 27.2 Å². The number of anilines is 1. The second-order valence-electron chi connectivity index (χ2n) is 6.13. The van der Waals surface area contributed by atoms with Gasteiger partial charge in [-0.3, -0.25) is 9.71 Å². The predicted molar refractivity (Wildman–Crippen MR) is 109 cm³/mol. The Kier molecular flexibility index (Phi) is 6.29. The molecule has 0 amide bonds. The lowest BCUT2D eigenvalue weighted by Crippen LogP contribution is -2.16. The maximum Gasteiger partial charge on any atom is 0.264 e. The molecule has 0 aliphatic heterocycles. The van der Waals surface area contributed by atoms with E-state index in [0.29, 0.717) is 35.0 Å². The van der Waals surface area contributed by atoms with E-state index in [1.54, 1.807) is 6.92 Å². The molecule has 0 spiro atoms. The lowest BCUT2D eigenvalue weighted by molar-refractivity contribution is 0.551. The van der Waals surface area contributed by atoms with Crippen molar-refractivity contribution in [2.45, 2.75) is 25.2 Å². The van der Waals surface area contributed by atoms with Crippen LogP contribution in [0.25, 0.3) is 0 Å². The normalized spacial score (nSPS) is 11.0. The molecule has 10 heteroatoms. The molecule has 0 aliphatic carbocycles. The Balaban J connectivity index is 1.96. The molecule has 0 aliphatic rings. The summed E-state index contributed by atoms with van der Waals surface area (Å²) in [4.78, 5) is 11.5. The monoisotopic (exact) mass is 448 g/mol. The summed E-state index contributed by atoms with van der Waals surface area (Å²) in [6.45, 7) is 3.48. The highest BCUT2D eigenvalue weighted by Gasteiger charge is 2.21. The number of benzene rings is 1. The number of hydrogen-bond donors (Lipinski definition) is 1. The maximum absolute atomic E-state index is 13.9. The minimum atomic E-state index is -4.31. The van der Waals surface area contributed by atoms with E-state index in [9.17, 15) is 17.2 Å². The molecule has 0 saturated heterocycles.